The van der Waals surface area contributed by atoms with E-state index in [0.29, 0.717) is 10.4 Å². The zero-order valence-corrected chi connectivity index (χ0v) is 12.8. The first kappa shape index (κ1) is 13.7. The summed E-state index contributed by atoms with van der Waals surface area (Å²) in [6, 6.07) is 4.52. The van der Waals surface area contributed by atoms with E-state index in [-0.39, 0.29) is 21.1 Å². The normalized spacial score (nSPS) is 18.1. The van der Waals surface area contributed by atoms with Crippen LogP contribution in [0, 0.1) is 5.41 Å². The Morgan fingerprint density at radius 2 is 1.94 bits per heavy atom. The zero-order valence-electron chi connectivity index (χ0n) is 8.92. The summed E-state index contributed by atoms with van der Waals surface area (Å²) in [4.78, 5) is 0.138. The quantitative estimate of drug-likeness (QED) is 0.764. The maximum Gasteiger partial charge on any atom is 0.180 e. The summed E-state index contributed by atoms with van der Waals surface area (Å²) < 4.78 is 24.5. The lowest BCUT2D eigenvalue weighted by Gasteiger charge is -2.13. The maximum atomic E-state index is 12.3. The number of benzene rings is 1. The van der Waals surface area contributed by atoms with E-state index in [1.165, 1.54) is 12.1 Å². The van der Waals surface area contributed by atoms with E-state index in [0.717, 1.165) is 12.8 Å². The summed E-state index contributed by atoms with van der Waals surface area (Å²) in [5, 5.41) is 1.33. The van der Waals surface area contributed by atoms with Crippen LogP contribution >= 0.6 is 39.1 Å². The molecule has 6 heteroatoms. The highest BCUT2D eigenvalue weighted by molar-refractivity contribution is 9.09. The predicted octanol–water partition coefficient (Wildman–Crippen LogP) is 3.94. The van der Waals surface area contributed by atoms with Gasteiger partial charge in [0.25, 0.3) is 0 Å². The van der Waals surface area contributed by atoms with Crippen LogP contribution in [0.1, 0.15) is 12.8 Å². The van der Waals surface area contributed by atoms with Crippen molar-refractivity contribution in [3.63, 3.8) is 0 Å². The van der Waals surface area contributed by atoms with E-state index in [1.807, 2.05) is 0 Å². The average molecular weight is 358 g/mol. The van der Waals surface area contributed by atoms with E-state index < -0.39 is 9.84 Å². The van der Waals surface area contributed by atoms with Crippen LogP contribution in [0.25, 0.3) is 0 Å². The molecule has 1 aromatic rings. The molecule has 0 atom stereocenters. The molecule has 17 heavy (non-hydrogen) atoms. The van der Waals surface area contributed by atoms with Gasteiger partial charge in [-0.2, -0.15) is 0 Å². The van der Waals surface area contributed by atoms with E-state index in [4.69, 9.17) is 23.2 Å². The number of hydrogen-bond donors (Lipinski definition) is 0. The first-order valence-corrected chi connectivity index (χ1v) is 8.65. The predicted molar refractivity (Wildman–Crippen MR) is 74.0 cm³/mol. The highest BCUT2D eigenvalue weighted by Crippen LogP contribution is 2.49. The molecule has 1 fully saturated rings. The second-order valence-electron chi connectivity index (χ2n) is 4.47. The lowest BCUT2D eigenvalue weighted by molar-refractivity contribution is 0.572. The van der Waals surface area contributed by atoms with Gasteiger partial charge in [0.1, 0.15) is 0 Å². The van der Waals surface area contributed by atoms with Crippen LogP contribution in [0.3, 0.4) is 0 Å². The minimum atomic E-state index is -3.37. The minimum Gasteiger partial charge on any atom is -0.224 e. The molecule has 1 saturated carbocycles. The van der Waals surface area contributed by atoms with Crippen molar-refractivity contribution < 1.29 is 8.42 Å². The number of hydrogen-bond acceptors (Lipinski definition) is 2. The molecule has 0 heterocycles. The zero-order chi connectivity index (χ0) is 12.7. The Bertz CT molecular complexity index is 538. The van der Waals surface area contributed by atoms with Crippen molar-refractivity contribution >= 4 is 49.0 Å². The van der Waals surface area contributed by atoms with Crippen LogP contribution in [0.15, 0.2) is 23.1 Å². The third-order valence-corrected chi connectivity index (χ3v) is 6.83. The molecule has 0 N–H and O–H groups in total. The molecule has 0 aliphatic heterocycles. The fraction of sp³-hybridized carbons (Fsp3) is 0.455. The van der Waals surface area contributed by atoms with E-state index >= 15 is 0 Å². The van der Waals surface area contributed by atoms with Crippen LogP contribution in [-0.2, 0) is 9.84 Å². The number of rotatable bonds is 4. The largest absolute Gasteiger partial charge is 0.224 e. The van der Waals surface area contributed by atoms with Crippen LogP contribution in [0.2, 0.25) is 10.0 Å². The Hall–Kier alpha value is 0.230. The third kappa shape index (κ3) is 2.98. The second kappa shape index (κ2) is 4.72. The Morgan fingerprint density at radius 3 is 2.47 bits per heavy atom. The highest BCUT2D eigenvalue weighted by Gasteiger charge is 2.45. The van der Waals surface area contributed by atoms with Gasteiger partial charge in [0, 0.05) is 10.4 Å². The molecule has 2 rings (SSSR count). The summed E-state index contributed by atoms with van der Waals surface area (Å²) in [7, 11) is -3.37. The standard InChI is InChI=1S/C11H11BrCl2O2S/c12-6-11(3-4-11)7-17(15,16)10-5-8(13)1-2-9(10)14/h1-2,5H,3-4,6-7H2. The van der Waals surface area contributed by atoms with E-state index in [9.17, 15) is 8.42 Å². The molecule has 0 radical (unpaired) electrons. The SMILES string of the molecule is O=S(=O)(CC1(CBr)CC1)c1cc(Cl)ccc1Cl. The molecule has 2 nitrogen and oxygen atoms in total. The number of halogens is 3. The van der Waals surface area contributed by atoms with Gasteiger partial charge in [0.05, 0.1) is 15.7 Å². The smallest absolute Gasteiger partial charge is 0.180 e. The first-order valence-electron chi connectivity index (χ1n) is 5.12. The molecule has 1 aliphatic rings. The van der Waals surface area contributed by atoms with E-state index in [1.54, 1.807) is 6.07 Å². The van der Waals surface area contributed by atoms with Gasteiger partial charge in [-0.25, -0.2) is 8.42 Å². The summed E-state index contributed by atoms with van der Waals surface area (Å²) in [6.07, 6.45) is 1.88. The first-order chi connectivity index (χ1) is 7.88. The molecular formula is C11H11BrCl2O2S. The molecule has 0 aromatic heterocycles. The summed E-state index contributed by atoms with van der Waals surface area (Å²) in [6.45, 7) is 0. The molecule has 1 aliphatic carbocycles. The third-order valence-electron chi connectivity index (χ3n) is 2.97. The lowest BCUT2D eigenvalue weighted by atomic mass is 10.2. The van der Waals surface area contributed by atoms with Crippen molar-refractivity contribution in [1.82, 2.24) is 0 Å². The van der Waals surface area contributed by atoms with Crippen LogP contribution in [0.4, 0.5) is 0 Å². The fourth-order valence-corrected chi connectivity index (χ4v) is 5.44. The van der Waals surface area contributed by atoms with Crippen molar-refractivity contribution in [2.24, 2.45) is 5.41 Å². The fourth-order valence-electron chi connectivity index (χ4n) is 1.69. The van der Waals surface area contributed by atoms with Crippen LogP contribution in [0.5, 0.6) is 0 Å². The summed E-state index contributed by atoms with van der Waals surface area (Å²) >= 11 is 15.1. The van der Waals surface area contributed by atoms with Gasteiger partial charge in [0.2, 0.25) is 0 Å². The second-order valence-corrected chi connectivity index (χ2v) is 7.83. The number of alkyl halides is 1. The summed E-state index contributed by atoms with van der Waals surface area (Å²) in [5.41, 5.74) is -0.107. The van der Waals surface area contributed by atoms with Crippen molar-refractivity contribution in [1.29, 1.82) is 0 Å². The van der Waals surface area contributed by atoms with Gasteiger partial charge in [-0.05, 0) is 36.5 Å². The highest BCUT2D eigenvalue weighted by atomic mass is 79.9. The lowest BCUT2D eigenvalue weighted by Crippen LogP contribution is -2.19. The van der Waals surface area contributed by atoms with Gasteiger partial charge in [-0.1, -0.05) is 39.1 Å². The van der Waals surface area contributed by atoms with Gasteiger partial charge >= 0.3 is 0 Å². The molecule has 0 bridgehead atoms. The van der Waals surface area contributed by atoms with Gasteiger partial charge < -0.3 is 0 Å². The van der Waals surface area contributed by atoms with Crippen molar-refractivity contribution in [3.8, 4) is 0 Å². The minimum absolute atomic E-state index is 0.107. The molecular weight excluding hydrogens is 347 g/mol. The molecule has 0 unspecified atom stereocenters. The average Bonchev–Trinajstić information content (AvgIpc) is 3.01. The van der Waals surface area contributed by atoms with Gasteiger partial charge in [-0.15, -0.1) is 0 Å². The van der Waals surface area contributed by atoms with Crippen LogP contribution < -0.4 is 0 Å². The number of sulfone groups is 1. The molecule has 0 amide bonds. The molecule has 94 valence electrons. The Morgan fingerprint density at radius 1 is 1.29 bits per heavy atom. The van der Waals surface area contributed by atoms with E-state index in [2.05, 4.69) is 15.9 Å². The molecule has 0 saturated heterocycles. The maximum absolute atomic E-state index is 12.3. The van der Waals surface area contributed by atoms with Gasteiger partial charge in [-0.3, -0.25) is 0 Å². The Balaban J connectivity index is 2.35. The summed E-state index contributed by atoms with van der Waals surface area (Å²) in [5.74, 6) is 0.130. The molecule has 0 spiro atoms. The monoisotopic (exact) mass is 356 g/mol. The Kier molecular flexibility index (Phi) is 3.79. The van der Waals surface area contributed by atoms with Gasteiger partial charge in [0.15, 0.2) is 9.84 Å². The topological polar surface area (TPSA) is 34.1 Å². The van der Waals surface area contributed by atoms with Crippen molar-refractivity contribution in [2.75, 3.05) is 11.1 Å². The van der Waals surface area contributed by atoms with Crippen LogP contribution in [-0.4, -0.2) is 19.5 Å². The Labute approximate surface area is 119 Å². The molecule has 1 aromatic carbocycles. The van der Waals surface area contributed by atoms with Crippen molar-refractivity contribution in [3.05, 3.63) is 28.2 Å². The van der Waals surface area contributed by atoms with Crippen molar-refractivity contribution in [2.45, 2.75) is 17.7 Å².